The monoisotopic (exact) mass is 667 g/mol. The fourth-order valence-electron chi connectivity index (χ4n) is 5.66. The molecule has 5 aromatic carbocycles. The standard InChI is InChI=1S/C41H37NO4.C2H4O2/c1-30-9-7-10-31(25-30)28-45-39-14-8-11-33(26-39)40-24-15-32(27-42-40)29-46-41(34-12-5-4-6-13-34,35-16-20-37(43-2)21-17-35)36-18-22-38(44-3)23-19-36;1-4-2-3/h4-27H,28-29H2,1-3H3;2H,1H3. The van der Waals surface area contributed by atoms with Crippen molar-refractivity contribution in [1.29, 1.82) is 0 Å². The van der Waals surface area contributed by atoms with Crippen molar-refractivity contribution in [1.82, 2.24) is 4.98 Å². The van der Waals surface area contributed by atoms with E-state index in [1.54, 1.807) is 14.2 Å². The molecule has 50 heavy (non-hydrogen) atoms. The lowest BCUT2D eigenvalue weighted by atomic mass is 9.80. The normalized spacial score (nSPS) is 10.7. The van der Waals surface area contributed by atoms with Crippen LogP contribution in [0.1, 0.15) is 33.4 Å². The Morgan fingerprint density at radius 2 is 1.22 bits per heavy atom. The molecule has 0 saturated heterocycles. The molecule has 0 aliphatic rings. The molecule has 0 aliphatic carbocycles. The second-order valence-electron chi connectivity index (χ2n) is 11.5. The Balaban J connectivity index is 0.00000115. The highest BCUT2D eigenvalue weighted by atomic mass is 16.5. The Morgan fingerprint density at radius 3 is 1.78 bits per heavy atom. The predicted octanol–water partition coefficient (Wildman–Crippen LogP) is 8.95. The van der Waals surface area contributed by atoms with Gasteiger partial charge in [0.1, 0.15) is 29.5 Å². The SMILES string of the molecule is COC=O.COc1ccc(C(OCc2ccc(-c3cccc(OCc4cccc(C)c4)c3)nc2)(c2ccccc2)c2ccc(OC)cc2)cc1. The molecule has 0 spiro atoms. The van der Waals surface area contributed by atoms with E-state index in [0.717, 1.165) is 56.3 Å². The van der Waals surface area contributed by atoms with Crippen LogP contribution < -0.4 is 14.2 Å². The van der Waals surface area contributed by atoms with Crippen molar-refractivity contribution in [2.75, 3.05) is 21.3 Å². The zero-order valence-corrected chi connectivity index (χ0v) is 28.7. The number of benzene rings is 5. The maximum Gasteiger partial charge on any atom is 0.292 e. The Morgan fingerprint density at radius 1 is 0.600 bits per heavy atom. The van der Waals surface area contributed by atoms with Crippen molar-refractivity contribution < 1.29 is 28.5 Å². The highest BCUT2D eigenvalue weighted by Crippen LogP contribution is 2.42. The second-order valence-corrected chi connectivity index (χ2v) is 11.5. The third-order valence-corrected chi connectivity index (χ3v) is 8.17. The predicted molar refractivity (Wildman–Crippen MR) is 195 cm³/mol. The van der Waals surface area contributed by atoms with Crippen molar-refractivity contribution in [2.24, 2.45) is 0 Å². The maximum atomic E-state index is 8.95. The van der Waals surface area contributed by atoms with Gasteiger partial charge < -0.3 is 23.7 Å². The fraction of sp³-hybridized carbons (Fsp3) is 0.163. The molecule has 6 aromatic rings. The van der Waals surface area contributed by atoms with E-state index in [9.17, 15) is 0 Å². The van der Waals surface area contributed by atoms with E-state index in [2.05, 4.69) is 78.4 Å². The van der Waals surface area contributed by atoms with Crippen LogP contribution in [-0.2, 0) is 33.1 Å². The van der Waals surface area contributed by atoms with Gasteiger partial charge in [-0.25, -0.2) is 0 Å². The number of methoxy groups -OCH3 is 3. The summed E-state index contributed by atoms with van der Waals surface area (Å²) in [5.74, 6) is 2.37. The van der Waals surface area contributed by atoms with Crippen molar-refractivity contribution in [3.05, 3.63) is 179 Å². The molecule has 1 aromatic heterocycles. The zero-order valence-electron chi connectivity index (χ0n) is 28.7. The zero-order chi connectivity index (χ0) is 35.2. The summed E-state index contributed by atoms with van der Waals surface area (Å²) in [7, 11) is 4.66. The van der Waals surface area contributed by atoms with E-state index in [1.807, 2.05) is 79.0 Å². The number of rotatable bonds is 13. The van der Waals surface area contributed by atoms with Crippen molar-refractivity contribution in [3.8, 4) is 28.5 Å². The molecule has 0 fully saturated rings. The number of aryl methyl sites for hydroxylation is 1. The maximum absolute atomic E-state index is 8.95. The number of nitrogens with zero attached hydrogens (tertiary/aromatic N) is 1. The van der Waals surface area contributed by atoms with Gasteiger partial charge in [0.15, 0.2) is 0 Å². The van der Waals surface area contributed by atoms with E-state index in [1.165, 1.54) is 12.7 Å². The van der Waals surface area contributed by atoms with Crippen molar-refractivity contribution >= 4 is 6.47 Å². The summed E-state index contributed by atoms with van der Waals surface area (Å²) >= 11 is 0. The van der Waals surface area contributed by atoms with Crippen LogP contribution in [0.5, 0.6) is 17.2 Å². The molecule has 7 heteroatoms. The van der Waals surface area contributed by atoms with E-state index in [4.69, 9.17) is 28.7 Å². The quantitative estimate of drug-likeness (QED) is 0.0899. The summed E-state index contributed by atoms with van der Waals surface area (Å²) < 4.78 is 27.9. The minimum atomic E-state index is -0.901. The van der Waals surface area contributed by atoms with Gasteiger partial charge in [0.25, 0.3) is 6.47 Å². The van der Waals surface area contributed by atoms with E-state index in [-0.39, 0.29) is 0 Å². The van der Waals surface area contributed by atoms with E-state index >= 15 is 0 Å². The Labute approximate surface area is 294 Å². The first kappa shape index (κ1) is 35.4. The number of pyridine rings is 1. The molecule has 0 bridgehead atoms. The van der Waals surface area contributed by atoms with Crippen LogP contribution in [0.3, 0.4) is 0 Å². The van der Waals surface area contributed by atoms with Crippen molar-refractivity contribution in [2.45, 2.75) is 25.7 Å². The Bertz CT molecular complexity index is 1880. The third kappa shape index (κ3) is 8.75. The molecular formula is C43H41NO6. The Hall–Kier alpha value is -5.92. The summed E-state index contributed by atoms with van der Waals surface area (Å²) in [6.45, 7) is 3.31. The topological polar surface area (TPSA) is 76.1 Å². The molecule has 0 atom stereocenters. The molecule has 0 aliphatic heterocycles. The molecule has 1 heterocycles. The summed E-state index contributed by atoms with van der Waals surface area (Å²) in [5, 5.41) is 0. The first-order chi connectivity index (χ1) is 24.5. The van der Waals surface area contributed by atoms with Crippen LogP contribution in [0.15, 0.2) is 146 Å². The number of hydrogen-bond donors (Lipinski definition) is 0. The molecular weight excluding hydrogens is 626 g/mol. The van der Waals surface area contributed by atoms with Gasteiger partial charge in [0.2, 0.25) is 0 Å². The molecule has 0 amide bonds. The van der Waals surface area contributed by atoms with Crippen LogP contribution >= 0.6 is 0 Å². The van der Waals surface area contributed by atoms with Crippen molar-refractivity contribution in [3.63, 3.8) is 0 Å². The first-order valence-electron chi connectivity index (χ1n) is 16.2. The molecule has 254 valence electrons. The van der Waals surface area contributed by atoms with Crippen LogP contribution in [-0.4, -0.2) is 32.8 Å². The summed E-state index contributed by atoms with van der Waals surface area (Å²) in [6, 6.07) is 46.9. The lowest BCUT2D eigenvalue weighted by Crippen LogP contribution is -2.32. The third-order valence-electron chi connectivity index (χ3n) is 8.17. The van der Waals surface area contributed by atoms with Gasteiger partial charge in [-0.2, -0.15) is 0 Å². The summed E-state index contributed by atoms with van der Waals surface area (Å²) in [6.07, 6.45) is 1.88. The molecule has 0 radical (unpaired) electrons. The molecule has 7 nitrogen and oxygen atoms in total. The number of hydrogen-bond acceptors (Lipinski definition) is 7. The molecule has 0 N–H and O–H groups in total. The van der Waals surface area contributed by atoms with Crippen LogP contribution in [0.25, 0.3) is 11.3 Å². The van der Waals surface area contributed by atoms with Crippen LogP contribution in [0.4, 0.5) is 0 Å². The number of carbonyl (C=O) groups excluding carboxylic acids is 1. The van der Waals surface area contributed by atoms with Gasteiger partial charge in [-0.15, -0.1) is 0 Å². The van der Waals surface area contributed by atoms with Gasteiger partial charge in [0.05, 0.1) is 33.6 Å². The smallest absolute Gasteiger partial charge is 0.292 e. The second kappa shape index (κ2) is 17.5. The number of carbonyl (C=O) groups is 1. The molecule has 0 saturated carbocycles. The Kier molecular flexibility index (Phi) is 12.4. The highest BCUT2D eigenvalue weighted by molar-refractivity contribution is 5.61. The summed E-state index contributed by atoms with van der Waals surface area (Å²) in [4.78, 5) is 13.8. The average Bonchev–Trinajstić information content (AvgIpc) is 3.18. The molecule has 0 unspecified atom stereocenters. The van der Waals surface area contributed by atoms with Crippen LogP contribution in [0, 0.1) is 6.92 Å². The van der Waals surface area contributed by atoms with Gasteiger partial charge in [-0.3, -0.25) is 9.78 Å². The van der Waals surface area contributed by atoms with Crippen LogP contribution in [0.2, 0.25) is 0 Å². The minimum absolute atomic E-state index is 0.333. The lowest BCUT2D eigenvalue weighted by Gasteiger charge is -2.36. The van der Waals surface area contributed by atoms with E-state index < -0.39 is 5.60 Å². The first-order valence-corrected chi connectivity index (χ1v) is 16.2. The van der Waals surface area contributed by atoms with Gasteiger partial charge in [0, 0.05) is 11.8 Å². The largest absolute Gasteiger partial charge is 0.497 e. The molecule has 6 rings (SSSR count). The number of ether oxygens (including phenoxy) is 5. The van der Waals surface area contributed by atoms with Gasteiger partial charge in [-0.05, 0) is 77.2 Å². The average molecular weight is 668 g/mol. The minimum Gasteiger partial charge on any atom is -0.497 e. The highest BCUT2D eigenvalue weighted by Gasteiger charge is 2.38. The van der Waals surface area contributed by atoms with Gasteiger partial charge in [-0.1, -0.05) is 103 Å². The lowest BCUT2D eigenvalue weighted by molar-refractivity contribution is -0.126. The summed E-state index contributed by atoms with van der Waals surface area (Å²) in [5.41, 5.74) is 7.25. The fourth-order valence-corrected chi connectivity index (χ4v) is 5.66. The number of aromatic nitrogens is 1. The van der Waals surface area contributed by atoms with E-state index in [0.29, 0.717) is 19.7 Å². The van der Waals surface area contributed by atoms with Gasteiger partial charge >= 0.3 is 0 Å².